The second-order valence-electron chi connectivity index (χ2n) is 6.14. The summed E-state index contributed by atoms with van der Waals surface area (Å²) in [4.78, 5) is 8.28. The molecule has 0 spiro atoms. The van der Waals surface area contributed by atoms with Crippen molar-refractivity contribution in [1.29, 1.82) is 0 Å². The average molecular weight is 307 g/mol. The minimum atomic E-state index is 0.751. The number of aromatic amines is 1. The van der Waals surface area contributed by atoms with E-state index >= 15 is 0 Å². The molecule has 0 aliphatic carbocycles. The Labute approximate surface area is 137 Å². The van der Waals surface area contributed by atoms with Crippen molar-refractivity contribution in [2.24, 2.45) is 5.73 Å². The highest BCUT2D eigenvalue weighted by atomic mass is 14.8. The van der Waals surface area contributed by atoms with Gasteiger partial charge in [0.25, 0.3) is 0 Å². The van der Waals surface area contributed by atoms with E-state index in [1.165, 1.54) is 27.6 Å². The number of nitrogens with one attached hydrogen (secondary N) is 1. The summed E-state index contributed by atoms with van der Waals surface area (Å²) in [6.07, 6.45) is 6.17. The van der Waals surface area contributed by atoms with Gasteiger partial charge in [-0.1, -0.05) is 31.2 Å². The van der Waals surface area contributed by atoms with Gasteiger partial charge in [0.05, 0.1) is 11.4 Å². The number of hydrogen-bond acceptors (Lipinski definition) is 2. The fourth-order valence-electron chi connectivity index (χ4n) is 3.17. The highest BCUT2D eigenvalue weighted by Gasteiger charge is 2.15. The third-order valence-corrected chi connectivity index (χ3v) is 4.46. The first-order chi connectivity index (χ1) is 11.2. The predicted octanol–water partition coefficient (Wildman–Crippen LogP) is 4.38. The molecular formula is C20H25N3. The summed E-state index contributed by atoms with van der Waals surface area (Å²) in [6.45, 7) is 5.02. The molecule has 0 saturated heterocycles. The van der Waals surface area contributed by atoms with Gasteiger partial charge in [0.1, 0.15) is 0 Å². The number of pyridine rings is 1. The van der Waals surface area contributed by atoms with E-state index in [-0.39, 0.29) is 0 Å². The lowest BCUT2D eigenvalue weighted by Gasteiger charge is -2.05. The van der Waals surface area contributed by atoms with Crippen molar-refractivity contribution >= 4 is 10.9 Å². The van der Waals surface area contributed by atoms with Crippen molar-refractivity contribution in [1.82, 2.24) is 9.97 Å². The molecule has 23 heavy (non-hydrogen) atoms. The van der Waals surface area contributed by atoms with Crippen LogP contribution in [0.1, 0.15) is 36.5 Å². The number of unbranched alkanes of at least 4 members (excludes halogenated alkanes) is 1. The van der Waals surface area contributed by atoms with Crippen molar-refractivity contribution in [3.05, 3.63) is 53.2 Å². The van der Waals surface area contributed by atoms with Crippen LogP contribution in [0.3, 0.4) is 0 Å². The van der Waals surface area contributed by atoms with Crippen molar-refractivity contribution < 1.29 is 0 Å². The molecule has 0 fully saturated rings. The Balaban J connectivity index is 2.14. The quantitative estimate of drug-likeness (QED) is 0.664. The standard InChI is InChI=1S/C20H25N3/c1-3-15-7-6-9-16-17(8-4-5-12-21)20(23-19(15)16)18-11-10-14(2)13-22-18/h6-7,9-11,13,23H,3-5,8,12,21H2,1-2H3. The first-order valence-electron chi connectivity index (χ1n) is 8.50. The van der Waals surface area contributed by atoms with E-state index in [2.05, 4.69) is 54.1 Å². The normalized spacial score (nSPS) is 11.3. The highest BCUT2D eigenvalue weighted by Crippen LogP contribution is 2.32. The maximum Gasteiger partial charge on any atom is 0.0867 e. The summed E-state index contributed by atoms with van der Waals surface area (Å²) in [5.74, 6) is 0. The number of H-pyrrole nitrogens is 1. The van der Waals surface area contributed by atoms with E-state index < -0.39 is 0 Å². The van der Waals surface area contributed by atoms with Gasteiger partial charge in [-0.15, -0.1) is 0 Å². The number of para-hydroxylation sites is 1. The Hall–Kier alpha value is -2.13. The third-order valence-electron chi connectivity index (χ3n) is 4.46. The molecule has 3 aromatic rings. The molecule has 0 radical (unpaired) electrons. The first-order valence-corrected chi connectivity index (χ1v) is 8.50. The van der Waals surface area contributed by atoms with Crippen molar-refractivity contribution in [3.63, 3.8) is 0 Å². The Bertz CT molecular complexity index is 785. The molecule has 0 unspecified atom stereocenters. The lowest BCUT2D eigenvalue weighted by molar-refractivity contribution is 0.748. The Kier molecular flexibility index (Phi) is 4.77. The van der Waals surface area contributed by atoms with Gasteiger partial charge in [0.2, 0.25) is 0 Å². The number of aryl methyl sites for hydroxylation is 3. The number of rotatable bonds is 6. The van der Waals surface area contributed by atoms with E-state index in [9.17, 15) is 0 Å². The van der Waals surface area contributed by atoms with Crippen molar-refractivity contribution in [2.45, 2.75) is 39.5 Å². The maximum absolute atomic E-state index is 5.67. The van der Waals surface area contributed by atoms with Crippen LogP contribution in [0, 0.1) is 6.92 Å². The van der Waals surface area contributed by atoms with E-state index in [1.807, 2.05) is 6.20 Å². The van der Waals surface area contributed by atoms with E-state index in [4.69, 9.17) is 5.73 Å². The van der Waals surface area contributed by atoms with Crippen molar-refractivity contribution in [2.75, 3.05) is 6.54 Å². The van der Waals surface area contributed by atoms with Crippen LogP contribution >= 0.6 is 0 Å². The zero-order valence-electron chi connectivity index (χ0n) is 14.0. The van der Waals surface area contributed by atoms with Gasteiger partial charge >= 0.3 is 0 Å². The van der Waals surface area contributed by atoms with Crippen LogP contribution in [0.5, 0.6) is 0 Å². The topological polar surface area (TPSA) is 54.7 Å². The molecule has 2 heterocycles. The summed E-state index contributed by atoms with van der Waals surface area (Å²) < 4.78 is 0. The van der Waals surface area contributed by atoms with Gasteiger partial charge in [-0.05, 0) is 61.9 Å². The fourth-order valence-corrected chi connectivity index (χ4v) is 3.17. The van der Waals surface area contributed by atoms with Gasteiger partial charge in [0.15, 0.2) is 0 Å². The monoisotopic (exact) mass is 307 g/mol. The van der Waals surface area contributed by atoms with Crippen LogP contribution in [0.15, 0.2) is 36.5 Å². The molecule has 120 valence electrons. The molecule has 2 aromatic heterocycles. The zero-order valence-corrected chi connectivity index (χ0v) is 14.0. The molecule has 0 saturated carbocycles. The average Bonchev–Trinajstić information content (AvgIpc) is 2.94. The lowest BCUT2D eigenvalue weighted by Crippen LogP contribution is -1.99. The van der Waals surface area contributed by atoms with Crippen molar-refractivity contribution in [3.8, 4) is 11.4 Å². The molecule has 0 aliphatic heterocycles. The van der Waals surface area contributed by atoms with Crippen LogP contribution < -0.4 is 5.73 Å². The summed E-state index contributed by atoms with van der Waals surface area (Å²) >= 11 is 0. The van der Waals surface area contributed by atoms with E-state index in [0.29, 0.717) is 0 Å². The van der Waals surface area contributed by atoms with Gasteiger partial charge in [-0.25, -0.2) is 0 Å². The molecule has 0 amide bonds. The summed E-state index contributed by atoms with van der Waals surface area (Å²) in [7, 11) is 0. The van der Waals surface area contributed by atoms with Crippen LogP contribution in [-0.4, -0.2) is 16.5 Å². The van der Waals surface area contributed by atoms with E-state index in [1.54, 1.807) is 0 Å². The number of benzene rings is 1. The predicted molar refractivity (Wildman–Crippen MR) is 97.6 cm³/mol. The number of hydrogen-bond donors (Lipinski definition) is 2. The van der Waals surface area contributed by atoms with Crippen LogP contribution in [0.4, 0.5) is 0 Å². The van der Waals surface area contributed by atoms with Gasteiger partial charge < -0.3 is 10.7 Å². The molecule has 3 N–H and O–H groups in total. The summed E-state index contributed by atoms with van der Waals surface area (Å²) in [5, 5.41) is 1.33. The number of nitrogens with two attached hydrogens (primary N) is 1. The second-order valence-corrected chi connectivity index (χ2v) is 6.14. The van der Waals surface area contributed by atoms with Gasteiger partial charge in [0, 0.05) is 17.1 Å². The number of fused-ring (bicyclic) bond motifs is 1. The second kappa shape index (κ2) is 6.97. The molecule has 3 heteroatoms. The zero-order chi connectivity index (χ0) is 16.2. The number of nitrogens with zero attached hydrogens (tertiary/aromatic N) is 1. The van der Waals surface area contributed by atoms with Crippen LogP contribution in [0.2, 0.25) is 0 Å². The highest BCUT2D eigenvalue weighted by molar-refractivity contribution is 5.92. The molecule has 3 nitrogen and oxygen atoms in total. The minimum absolute atomic E-state index is 0.751. The Morgan fingerprint density at radius 1 is 1.13 bits per heavy atom. The molecule has 0 bridgehead atoms. The third kappa shape index (κ3) is 3.15. The fraction of sp³-hybridized carbons (Fsp3) is 0.350. The maximum atomic E-state index is 5.67. The van der Waals surface area contributed by atoms with Crippen LogP contribution in [-0.2, 0) is 12.8 Å². The lowest BCUT2D eigenvalue weighted by atomic mass is 10.0. The Morgan fingerprint density at radius 2 is 2.00 bits per heavy atom. The summed E-state index contributed by atoms with van der Waals surface area (Å²) in [6, 6.07) is 10.8. The molecule has 3 rings (SSSR count). The molecule has 1 aromatic carbocycles. The minimum Gasteiger partial charge on any atom is -0.353 e. The summed E-state index contributed by atoms with van der Waals surface area (Å²) in [5.41, 5.74) is 13.0. The molecular weight excluding hydrogens is 282 g/mol. The Morgan fingerprint density at radius 3 is 2.70 bits per heavy atom. The van der Waals surface area contributed by atoms with E-state index in [0.717, 1.165) is 43.6 Å². The van der Waals surface area contributed by atoms with Gasteiger partial charge in [-0.2, -0.15) is 0 Å². The molecule has 0 atom stereocenters. The van der Waals surface area contributed by atoms with Crippen LogP contribution in [0.25, 0.3) is 22.3 Å². The first kappa shape index (κ1) is 15.8. The smallest absolute Gasteiger partial charge is 0.0867 e. The van der Waals surface area contributed by atoms with Gasteiger partial charge in [-0.3, -0.25) is 4.98 Å². The SMILES string of the molecule is CCc1cccc2c(CCCCN)c(-c3ccc(C)cn3)[nH]c12. The number of aromatic nitrogens is 2. The molecule has 0 aliphatic rings. The largest absolute Gasteiger partial charge is 0.353 e.